The molecule has 0 spiro atoms. The summed E-state index contributed by atoms with van der Waals surface area (Å²) in [6.07, 6.45) is -3.38. The van der Waals surface area contributed by atoms with Gasteiger partial charge in [-0.3, -0.25) is 4.79 Å². The second-order valence-corrected chi connectivity index (χ2v) is 7.56. The maximum atomic E-state index is 12.9. The molecule has 2 aromatic heterocycles. The predicted octanol–water partition coefficient (Wildman–Crippen LogP) is 3.95. The van der Waals surface area contributed by atoms with E-state index in [9.17, 15) is 22.8 Å². The lowest BCUT2D eigenvalue weighted by Crippen LogP contribution is -2.36. The third kappa shape index (κ3) is 3.98. The largest absolute Gasteiger partial charge is 0.437 e. The van der Waals surface area contributed by atoms with Crippen LogP contribution in [-0.2, 0) is 23.9 Å². The molecule has 0 fully saturated rings. The number of nitrogens with zero attached hydrogens (tertiary/aromatic N) is 3. The maximum Gasteiger partial charge on any atom is 0.437 e. The summed E-state index contributed by atoms with van der Waals surface area (Å²) in [4.78, 5) is 26.8. The van der Waals surface area contributed by atoms with Crippen molar-refractivity contribution in [2.24, 2.45) is 0 Å². The Bertz CT molecular complexity index is 1090. The molecule has 10 heteroatoms. The number of carbonyl (C=O) groups excluding carboxylic acids is 1. The first-order valence-electron chi connectivity index (χ1n) is 8.95. The summed E-state index contributed by atoms with van der Waals surface area (Å²) in [5.74, 6) is -0.742. The molecular weight excluding hydrogens is 407 g/mol. The van der Waals surface area contributed by atoms with Gasteiger partial charge in [0.1, 0.15) is 0 Å². The van der Waals surface area contributed by atoms with Gasteiger partial charge in [0.15, 0.2) is 0 Å². The molecule has 6 nitrogen and oxygen atoms in total. The van der Waals surface area contributed by atoms with Crippen molar-refractivity contribution in [1.82, 2.24) is 9.78 Å². The number of thiophene rings is 1. The van der Waals surface area contributed by atoms with E-state index in [1.807, 2.05) is 5.38 Å². The van der Waals surface area contributed by atoms with Gasteiger partial charge >= 0.3 is 11.9 Å². The molecule has 0 saturated carbocycles. The molecule has 3 heterocycles. The predicted molar refractivity (Wildman–Crippen MR) is 101 cm³/mol. The molecule has 1 aliphatic heterocycles. The number of hydrogen-bond donors (Lipinski definition) is 0. The average molecular weight is 423 g/mol. The van der Waals surface area contributed by atoms with Gasteiger partial charge in [-0.2, -0.15) is 17.9 Å². The van der Waals surface area contributed by atoms with Gasteiger partial charge in [0, 0.05) is 18.7 Å². The number of alkyl halides is 3. The Labute approximate surface area is 167 Å². The zero-order valence-electron chi connectivity index (χ0n) is 15.1. The first-order valence-corrected chi connectivity index (χ1v) is 9.83. The van der Waals surface area contributed by atoms with Gasteiger partial charge in [-0.25, -0.2) is 4.79 Å². The first-order chi connectivity index (χ1) is 13.8. The van der Waals surface area contributed by atoms with Crippen LogP contribution in [0.2, 0.25) is 0 Å². The highest BCUT2D eigenvalue weighted by molar-refractivity contribution is 7.13. The molecule has 0 bridgehead atoms. The SMILES string of the molecule is O=C(CCn1nc(-c2cccs2)oc1=O)N1CCCc2cc(C(F)(F)F)ccc21. The van der Waals surface area contributed by atoms with Crippen LogP contribution < -0.4 is 10.7 Å². The van der Waals surface area contributed by atoms with E-state index in [4.69, 9.17) is 4.42 Å². The Morgan fingerprint density at radius 1 is 1.28 bits per heavy atom. The quantitative estimate of drug-likeness (QED) is 0.637. The maximum absolute atomic E-state index is 12.9. The van der Waals surface area contributed by atoms with Gasteiger partial charge in [0.05, 0.1) is 17.0 Å². The lowest BCUT2D eigenvalue weighted by Gasteiger charge is -2.30. The van der Waals surface area contributed by atoms with E-state index in [2.05, 4.69) is 5.10 Å². The summed E-state index contributed by atoms with van der Waals surface area (Å²) in [6, 6.07) is 7.00. The van der Waals surface area contributed by atoms with E-state index in [1.54, 1.807) is 12.1 Å². The van der Waals surface area contributed by atoms with Gasteiger partial charge in [0.25, 0.3) is 5.89 Å². The van der Waals surface area contributed by atoms with Crippen LogP contribution in [0.15, 0.2) is 44.9 Å². The fourth-order valence-corrected chi connectivity index (χ4v) is 3.96. The number of benzene rings is 1. The smallest absolute Gasteiger partial charge is 0.387 e. The Hall–Kier alpha value is -2.88. The van der Waals surface area contributed by atoms with E-state index in [1.165, 1.54) is 22.3 Å². The minimum atomic E-state index is -4.42. The van der Waals surface area contributed by atoms with Gasteiger partial charge < -0.3 is 9.32 Å². The van der Waals surface area contributed by atoms with E-state index in [0.29, 0.717) is 35.5 Å². The van der Waals surface area contributed by atoms with Crippen LogP contribution in [0.25, 0.3) is 10.8 Å². The lowest BCUT2D eigenvalue weighted by atomic mass is 9.98. The molecule has 4 rings (SSSR count). The van der Waals surface area contributed by atoms with Gasteiger partial charge in [-0.1, -0.05) is 6.07 Å². The normalized spacial score (nSPS) is 14.1. The van der Waals surface area contributed by atoms with Crippen molar-refractivity contribution >= 4 is 22.9 Å². The molecule has 1 amide bonds. The number of carbonyl (C=O) groups is 1. The monoisotopic (exact) mass is 423 g/mol. The van der Waals surface area contributed by atoms with E-state index in [-0.39, 0.29) is 24.8 Å². The highest BCUT2D eigenvalue weighted by atomic mass is 32.1. The van der Waals surface area contributed by atoms with Crippen LogP contribution in [0, 0.1) is 0 Å². The van der Waals surface area contributed by atoms with Gasteiger partial charge in [-0.15, -0.1) is 16.4 Å². The van der Waals surface area contributed by atoms with Crippen molar-refractivity contribution < 1.29 is 22.4 Å². The summed E-state index contributed by atoms with van der Waals surface area (Å²) in [5, 5.41) is 5.93. The standard InChI is InChI=1S/C19H16F3N3O3S/c20-19(21,22)13-5-6-14-12(11-13)3-1-8-24(14)16(26)7-9-25-18(27)28-17(23-25)15-4-2-10-29-15/h2,4-6,10-11H,1,3,7-9H2. The van der Waals surface area contributed by atoms with Crippen molar-refractivity contribution in [2.75, 3.05) is 11.4 Å². The van der Waals surface area contributed by atoms with E-state index in [0.717, 1.165) is 16.8 Å². The Morgan fingerprint density at radius 3 is 2.83 bits per heavy atom. The summed E-state index contributed by atoms with van der Waals surface area (Å²) < 4.78 is 45.0. The van der Waals surface area contributed by atoms with Gasteiger partial charge in [0.2, 0.25) is 5.91 Å². The van der Waals surface area contributed by atoms with Crippen LogP contribution in [0.5, 0.6) is 0 Å². The number of rotatable bonds is 4. The number of anilines is 1. The van der Waals surface area contributed by atoms with Crippen molar-refractivity contribution in [3.05, 3.63) is 57.4 Å². The molecular formula is C19H16F3N3O3S. The molecule has 0 saturated heterocycles. The molecule has 29 heavy (non-hydrogen) atoms. The van der Waals surface area contributed by atoms with Gasteiger partial charge in [-0.05, 0) is 48.1 Å². The van der Waals surface area contributed by atoms with Crippen LogP contribution in [0.3, 0.4) is 0 Å². The number of amides is 1. The summed E-state index contributed by atoms with van der Waals surface area (Å²) in [5.41, 5.74) is 0.264. The van der Waals surface area contributed by atoms with Crippen LogP contribution in [0.4, 0.5) is 18.9 Å². The molecule has 3 aromatic rings. The van der Waals surface area contributed by atoms with Crippen LogP contribution in [-0.4, -0.2) is 22.2 Å². The summed E-state index contributed by atoms with van der Waals surface area (Å²) in [6.45, 7) is 0.449. The first kappa shape index (κ1) is 19.4. The molecule has 0 radical (unpaired) electrons. The van der Waals surface area contributed by atoms with Crippen LogP contribution >= 0.6 is 11.3 Å². The second-order valence-electron chi connectivity index (χ2n) is 6.61. The second kappa shape index (κ2) is 7.51. The fourth-order valence-electron chi connectivity index (χ4n) is 3.32. The zero-order chi connectivity index (χ0) is 20.6. The van der Waals surface area contributed by atoms with E-state index >= 15 is 0 Å². The Morgan fingerprint density at radius 2 is 2.10 bits per heavy atom. The number of halogens is 3. The summed E-state index contributed by atoms with van der Waals surface area (Å²) >= 11 is 1.38. The van der Waals surface area contributed by atoms with E-state index < -0.39 is 17.5 Å². The summed E-state index contributed by atoms with van der Waals surface area (Å²) in [7, 11) is 0. The number of fused-ring (bicyclic) bond motifs is 1. The third-order valence-corrected chi connectivity index (χ3v) is 5.56. The Kier molecular flexibility index (Phi) is 5.03. The number of hydrogen-bond acceptors (Lipinski definition) is 5. The molecule has 1 aromatic carbocycles. The Balaban J connectivity index is 1.49. The molecule has 0 unspecified atom stereocenters. The minimum Gasteiger partial charge on any atom is -0.387 e. The molecule has 152 valence electrons. The number of aryl methyl sites for hydroxylation is 2. The highest BCUT2D eigenvalue weighted by Gasteiger charge is 2.32. The lowest BCUT2D eigenvalue weighted by molar-refractivity contribution is -0.137. The topological polar surface area (TPSA) is 68.3 Å². The third-order valence-electron chi connectivity index (χ3n) is 4.70. The van der Waals surface area contributed by atoms with Crippen molar-refractivity contribution in [1.29, 1.82) is 0 Å². The van der Waals surface area contributed by atoms with Crippen LogP contribution in [0.1, 0.15) is 24.0 Å². The van der Waals surface area contributed by atoms with Crippen molar-refractivity contribution in [3.63, 3.8) is 0 Å². The number of aromatic nitrogens is 2. The minimum absolute atomic E-state index is 0.0171. The highest BCUT2D eigenvalue weighted by Crippen LogP contribution is 2.35. The fraction of sp³-hybridized carbons (Fsp3) is 0.316. The molecule has 0 N–H and O–H groups in total. The molecule has 0 atom stereocenters. The average Bonchev–Trinajstić information content (AvgIpc) is 3.34. The molecule has 0 aliphatic carbocycles. The molecule has 1 aliphatic rings. The van der Waals surface area contributed by atoms with Crippen molar-refractivity contribution in [2.45, 2.75) is 32.0 Å². The zero-order valence-corrected chi connectivity index (χ0v) is 15.9. The van der Waals surface area contributed by atoms with Crippen molar-refractivity contribution in [3.8, 4) is 10.8 Å².